The number of rotatable bonds is 5. The summed E-state index contributed by atoms with van der Waals surface area (Å²) >= 11 is 3.45. The van der Waals surface area contributed by atoms with Gasteiger partial charge in [-0.05, 0) is 38.3 Å². The van der Waals surface area contributed by atoms with Crippen LogP contribution in [-0.2, 0) is 11.2 Å². The molecular formula is C14H16N2OS2. The number of amides is 1. The van der Waals surface area contributed by atoms with Crippen LogP contribution in [0.2, 0.25) is 0 Å². The van der Waals surface area contributed by atoms with Crippen molar-refractivity contribution in [2.24, 2.45) is 5.92 Å². The van der Waals surface area contributed by atoms with Crippen LogP contribution in [-0.4, -0.2) is 17.4 Å². The predicted molar refractivity (Wildman–Crippen MR) is 79.6 cm³/mol. The molecule has 0 spiro atoms. The highest BCUT2D eigenvalue weighted by molar-refractivity contribution is 7.16. The molecule has 2 heterocycles. The van der Waals surface area contributed by atoms with Crippen molar-refractivity contribution in [3.63, 3.8) is 0 Å². The van der Waals surface area contributed by atoms with Gasteiger partial charge in [-0.2, -0.15) is 0 Å². The molecule has 19 heavy (non-hydrogen) atoms. The lowest BCUT2D eigenvalue weighted by Crippen LogP contribution is -2.26. The topological polar surface area (TPSA) is 42.0 Å². The van der Waals surface area contributed by atoms with Gasteiger partial charge in [0.05, 0.1) is 15.6 Å². The molecule has 3 rings (SSSR count). The SMILES string of the molecule is Cc1nc(-c2ccc(CCNC(=O)C3CC3)s2)cs1. The number of thiophene rings is 1. The monoisotopic (exact) mass is 292 g/mol. The molecule has 0 saturated heterocycles. The number of hydrogen-bond donors (Lipinski definition) is 1. The van der Waals surface area contributed by atoms with Crippen molar-refractivity contribution < 1.29 is 4.79 Å². The molecular weight excluding hydrogens is 276 g/mol. The first-order valence-electron chi connectivity index (χ1n) is 6.51. The van der Waals surface area contributed by atoms with Crippen molar-refractivity contribution in [3.05, 3.63) is 27.4 Å². The van der Waals surface area contributed by atoms with Crippen LogP contribution in [0.4, 0.5) is 0 Å². The van der Waals surface area contributed by atoms with E-state index in [9.17, 15) is 4.79 Å². The van der Waals surface area contributed by atoms with Gasteiger partial charge >= 0.3 is 0 Å². The molecule has 1 fully saturated rings. The number of aromatic nitrogens is 1. The molecule has 0 bridgehead atoms. The van der Waals surface area contributed by atoms with E-state index in [-0.39, 0.29) is 5.91 Å². The molecule has 1 N–H and O–H groups in total. The Morgan fingerprint density at radius 1 is 1.47 bits per heavy atom. The minimum atomic E-state index is 0.229. The highest BCUT2D eigenvalue weighted by Gasteiger charge is 2.28. The van der Waals surface area contributed by atoms with Gasteiger partial charge in [-0.25, -0.2) is 4.98 Å². The number of carbonyl (C=O) groups excluding carboxylic acids is 1. The van der Waals surface area contributed by atoms with Crippen molar-refractivity contribution in [1.82, 2.24) is 10.3 Å². The second-order valence-corrected chi connectivity index (χ2v) is 7.06. The zero-order valence-electron chi connectivity index (χ0n) is 10.8. The summed E-state index contributed by atoms with van der Waals surface area (Å²) < 4.78 is 0. The van der Waals surface area contributed by atoms with Gasteiger partial charge in [-0.3, -0.25) is 4.79 Å². The molecule has 0 aromatic carbocycles. The van der Waals surface area contributed by atoms with Crippen molar-refractivity contribution in [2.75, 3.05) is 6.54 Å². The maximum atomic E-state index is 11.5. The second kappa shape index (κ2) is 5.43. The van der Waals surface area contributed by atoms with Crippen LogP contribution in [0.1, 0.15) is 22.7 Å². The Morgan fingerprint density at radius 3 is 3.00 bits per heavy atom. The van der Waals surface area contributed by atoms with Gasteiger partial charge in [-0.1, -0.05) is 0 Å². The average Bonchev–Trinajstić information content (AvgIpc) is 3.00. The summed E-state index contributed by atoms with van der Waals surface area (Å²) in [7, 11) is 0. The van der Waals surface area contributed by atoms with Crippen LogP contribution in [0, 0.1) is 12.8 Å². The molecule has 0 atom stereocenters. The first-order valence-corrected chi connectivity index (χ1v) is 8.21. The quantitative estimate of drug-likeness (QED) is 0.919. The van der Waals surface area contributed by atoms with E-state index >= 15 is 0 Å². The lowest BCUT2D eigenvalue weighted by atomic mass is 10.3. The largest absolute Gasteiger partial charge is 0.356 e. The summed E-state index contributed by atoms with van der Waals surface area (Å²) in [5.41, 5.74) is 1.07. The van der Waals surface area contributed by atoms with E-state index in [4.69, 9.17) is 0 Å². The molecule has 2 aromatic rings. The average molecular weight is 292 g/mol. The molecule has 100 valence electrons. The summed E-state index contributed by atoms with van der Waals surface area (Å²) in [5, 5.41) is 6.20. The third-order valence-electron chi connectivity index (χ3n) is 3.15. The van der Waals surface area contributed by atoms with Gasteiger partial charge in [0.15, 0.2) is 0 Å². The van der Waals surface area contributed by atoms with E-state index in [0.717, 1.165) is 36.5 Å². The zero-order valence-corrected chi connectivity index (χ0v) is 12.4. The first-order chi connectivity index (χ1) is 9.22. The molecule has 5 heteroatoms. The molecule has 2 aromatic heterocycles. The number of nitrogens with one attached hydrogen (secondary N) is 1. The van der Waals surface area contributed by atoms with Crippen LogP contribution in [0.25, 0.3) is 10.6 Å². The Labute approximate surface area is 120 Å². The number of hydrogen-bond acceptors (Lipinski definition) is 4. The summed E-state index contributed by atoms with van der Waals surface area (Å²) in [5.74, 6) is 0.531. The Morgan fingerprint density at radius 2 is 2.32 bits per heavy atom. The molecule has 3 nitrogen and oxygen atoms in total. The van der Waals surface area contributed by atoms with Gasteiger partial charge < -0.3 is 5.32 Å². The van der Waals surface area contributed by atoms with Gasteiger partial charge in [0, 0.05) is 22.7 Å². The second-order valence-electron chi connectivity index (χ2n) is 4.83. The van der Waals surface area contributed by atoms with Gasteiger partial charge in [0.1, 0.15) is 0 Å². The Kier molecular flexibility index (Phi) is 3.66. The maximum absolute atomic E-state index is 11.5. The minimum Gasteiger partial charge on any atom is -0.356 e. The Balaban J connectivity index is 1.54. The van der Waals surface area contributed by atoms with Crippen LogP contribution in [0.15, 0.2) is 17.5 Å². The summed E-state index contributed by atoms with van der Waals surface area (Å²) in [6.45, 7) is 2.77. The third kappa shape index (κ3) is 3.22. The Hall–Kier alpha value is -1.20. The highest BCUT2D eigenvalue weighted by Crippen LogP contribution is 2.30. The van der Waals surface area contributed by atoms with E-state index in [1.807, 2.05) is 6.92 Å². The van der Waals surface area contributed by atoms with Crippen LogP contribution in [0.5, 0.6) is 0 Å². The molecule has 1 aliphatic carbocycles. The molecule has 1 saturated carbocycles. The normalized spacial score (nSPS) is 14.6. The van der Waals surface area contributed by atoms with Crippen molar-refractivity contribution in [1.29, 1.82) is 0 Å². The smallest absolute Gasteiger partial charge is 0.223 e. The number of nitrogens with zero attached hydrogens (tertiary/aromatic N) is 1. The van der Waals surface area contributed by atoms with Crippen LogP contribution >= 0.6 is 22.7 Å². The van der Waals surface area contributed by atoms with Gasteiger partial charge in [0.2, 0.25) is 5.91 Å². The van der Waals surface area contributed by atoms with Crippen LogP contribution in [0.3, 0.4) is 0 Å². The molecule has 0 radical (unpaired) electrons. The lowest BCUT2D eigenvalue weighted by molar-refractivity contribution is -0.122. The number of carbonyl (C=O) groups is 1. The van der Waals surface area contributed by atoms with Gasteiger partial charge in [-0.15, -0.1) is 22.7 Å². The lowest BCUT2D eigenvalue weighted by Gasteiger charge is -2.01. The zero-order chi connectivity index (χ0) is 13.2. The first kappa shape index (κ1) is 12.8. The van der Waals surface area contributed by atoms with Crippen molar-refractivity contribution in [2.45, 2.75) is 26.2 Å². The maximum Gasteiger partial charge on any atom is 0.223 e. The fourth-order valence-electron chi connectivity index (χ4n) is 1.93. The highest BCUT2D eigenvalue weighted by atomic mass is 32.1. The molecule has 1 aliphatic rings. The van der Waals surface area contributed by atoms with Crippen molar-refractivity contribution >= 4 is 28.6 Å². The van der Waals surface area contributed by atoms with Gasteiger partial charge in [0.25, 0.3) is 0 Å². The van der Waals surface area contributed by atoms with E-state index in [1.165, 1.54) is 9.75 Å². The van der Waals surface area contributed by atoms with E-state index in [1.54, 1.807) is 22.7 Å². The summed E-state index contributed by atoms with van der Waals surface area (Å²) in [6.07, 6.45) is 3.04. The predicted octanol–water partition coefficient (Wildman–Crippen LogP) is 3.25. The standard InChI is InChI=1S/C14H16N2OS2/c1-9-16-12(8-18-9)13-5-4-11(19-13)6-7-15-14(17)10-2-3-10/h4-5,8,10H,2-3,6-7H2,1H3,(H,15,17). The molecule has 1 amide bonds. The number of thiazole rings is 1. The minimum absolute atomic E-state index is 0.229. The van der Waals surface area contributed by atoms with E-state index in [0.29, 0.717) is 5.92 Å². The molecule has 0 aliphatic heterocycles. The fraction of sp³-hybridized carbons (Fsp3) is 0.429. The summed E-state index contributed by atoms with van der Waals surface area (Å²) in [6, 6.07) is 4.26. The van der Waals surface area contributed by atoms with Crippen molar-refractivity contribution in [3.8, 4) is 10.6 Å². The number of aryl methyl sites for hydroxylation is 1. The fourth-order valence-corrected chi connectivity index (χ4v) is 3.58. The summed E-state index contributed by atoms with van der Waals surface area (Å²) in [4.78, 5) is 18.5. The Bertz CT molecular complexity index is 584. The van der Waals surface area contributed by atoms with E-state index in [2.05, 4.69) is 27.8 Å². The van der Waals surface area contributed by atoms with Crippen LogP contribution < -0.4 is 5.32 Å². The third-order valence-corrected chi connectivity index (χ3v) is 5.09. The molecule has 0 unspecified atom stereocenters. The van der Waals surface area contributed by atoms with E-state index < -0.39 is 0 Å².